The van der Waals surface area contributed by atoms with Crippen LogP contribution in [0.3, 0.4) is 0 Å². The van der Waals surface area contributed by atoms with E-state index in [1.54, 1.807) is 0 Å². The highest BCUT2D eigenvalue weighted by molar-refractivity contribution is 4.92. The van der Waals surface area contributed by atoms with Crippen LogP contribution >= 0.6 is 0 Å². The molecule has 3 unspecified atom stereocenters. The van der Waals surface area contributed by atoms with Gasteiger partial charge in [-0.3, -0.25) is 0 Å². The lowest BCUT2D eigenvalue weighted by atomic mass is 9.90. The van der Waals surface area contributed by atoms with Gasteiger partial charge in [0.2, 0.25) is 0 Å². The van der Waals surface area contributed by atoms with Crippen LogP contribution in [0.2, 0.25) is 0 Å². The van der Waals surface area contributed by atoms with Gasteiger partial charge in [0.1, 0.15) is 6.10 Å². The lowest BCUT2D eigenvalue weighted by Gasteiger charge is -2.46. The van der Waals surface area contributed by atoms with E-state index in [2.05, 4.69) is 27.7 Å². The molecule has 1 aliphatic rings. The van der Waals surface area contributed by atoms with Crippen LogP contribution < -0.4 is 0 Å². The van der Waals surface area contributed by atoms with E-state index in [4.69, 9.17) is 9.47 Å². The zero-order chi connectivity index (χ0) is 12.0. The first-order chi connectivity index (χ1) is 7.66. The van der Waals surface area contributed by atoms with E-state index in [0.29, 0.717) is 6.10 Å². The summed E-state index contributed by atoms with van der Waals surface area (Å²) in [5.74, 6) is 0.738. The summed E-state index contributed by atoms with van der Waals surface area (Å²) < 4.78 is 11.6. The zero-order valence-electron chi connectivity index (χ0n) is 11.4. The summed E-state index contributed by atoms with van der Waals surface area (Å²) in [6.07, 6.45) is 6.53. The number of unbranched alkanes of at least 4 members (excludes halogenated alkanes) is 1. The molecule has 1 aliphatic heterocycles. The molecule has 0 N–H and O–H groups in total. The van der Waals surface area contributed by atoms with Gasteiger partial charge in [0.05, 0.1) is 18.8 Å². The lowest BCUT2D eigenvalue weighted by Crippen LogP contribution is -2.57. The summed E-state index contributed by atoms with van der Waals surface area (Å²) >= 11 is 0. The van der Waals surface area contributed by atoms with Crippen LogP contribution in [0.25, 0.3) is 0 Å². The fraction of sp³-hybridized carbons (Fsp3) is 1.00. The van der Waals surface area contributed by atoms with Crippen LogP contribution in [0.15, 0.2) is 0 Å². The second-order valence-electron chi connectivity index (χ2n) is 5.22. The van der Waals surface area contributed by atoms with Gasteiger partial charge >= 0.3 is 0 Å². The molecule has 0 bridgehead atoms. The first-order valence-electron chi connectivity index (χ1n) is 6.91. The van der Waals surface area contributed by atoms with Crippen molar-refractivity contribution in [3.63, 3.8) is 0 Å². The quantitative estimate of drug-likeness (QED) is 0.629. The lowest BCUT2D eigenvalue weighted by molar-refractivity contribution is -0.251. The molecule has 0 radical (unpaired) electrons. The Morgan fingerprint density at radius 3 is 2.56 bits per heavy atom. The molecule has 96 valence electrons. The molecular weight excluding hydrogens is 200 g/mol. The minimum Gasteiger partial charge on any atom is -0.373 e. The third kappa shape index (κ3) is 3.46. The predicted octanol–water partition coefficient (Wildman–Crippen LogP) is 3.79. The van der Waals surface area contributed by atoms with E-state index in [-0.39, 0.29) is 5.60 Å². The van der Waals surface area contributed by atoms with Crippen molar-refractivity contribution in [2.45, 2.75) is 71.5 Å². The summed E-state index contributed by atoms with van der Waals surface area (Å²) in [4.78, 5) is 0. The Balaban J connectivity index is 2.22. The molecule has 2 nitrogen and oxygen atoms in total. The standard InChI is InChI=1S/C14H28O2/c1-5-8-9-12(6-2)10-15-13-11-16-14(13,4)7-3/h12-13H,5-11H2,1-4H3. The van der Waals surface area contributed by atoms with Crippen molar-refractivity contribution >= 4 is 0 Å². The van der Waals surface area contributed by atoms with Gasteiger partial charge in [0.15, 0.2) is 0 Å². The second-order valence-corrected chi connectivity index (χ2v) is 5.22. The van der Waals surface area contributed by atoms with Crippen molar-refractivity contribution in [2.24, 2.45) is 5.92 Å². The van der Waals surface area contributed by atoms with Crippen molar-refractivity contribution in [3.05, 3.63) is 0 Å². The molecule has 1 heterocycles. The predicted molar refractivity (Wildman–Crippen MR) is 67.7 cm³/mol. The maximum absolute atomic E-state index is 6.01. The van der Waals surface area contributed by atoms with Gasteiger partial charge in [-0.05, 0) is 25.7 Å². The Morgan fingerprint density at radius 2 is 2.12 bits per heavy atom. The van der Waals surface area contributed by atoms with Crippen molar-refractivity contribution in [3.8, 4) is 0 Å². The van der Waals surface area contributed by atoms with Gasteiger partial charge in [-0.2, -0.15) is 0 Å². The fourth-order valence-electron chi connectivity index (χ4n) is 2.14. The Hall–Kier alpha value is -0.0800. The molecule has 1 rings (SSSR count). The molecule has 0 aliphatic carbocycles. The maximum Gasteiger partial charge on any atom is 0.109 e. The molecule has 2 heteroatoms. The third-order valence-corrected chi connectivity index (χ3v) is 4.02. The average molecular weight is 228 g/mol. The monoisotopic (exact) mass is 228 g/mol. The smallest absolute Gasteiger partial charge is 0.109 e. The van der Waals surface area contributed by atoms with Crippen LogP contribution in [-0.2, 0) is 9.47 Å². The van der Waals surface area contributed by atoms with E-state index in [0.717, 1.165) is 25.6 Å². The van der Waals surface area contributed by atoms with Crippen molar-refractivity contribution in [1.82, 2.24) is 0 Å². The molecule has 1 fully saturated rings. The minimum absolute atomic E-state index is 0.0109. The first kappa shape index (κ1) is 14.0. The summed E-state index contributed by atoms with van der Waals surface area (Å²) in [7, 11) is 0. The van der Waals surface area contributed by atoms with Crippen LogP contribution in [0.1, 0.15) is 59.8 Å². The summed E-state index contributed by atoms with van der Waals surface area (Å²) in [6, 6.07) is 0. The minimum atomic E-state index is -0.0109. The highest BCUT2D eigenvalue weighted by atomic mass is 16.6. The number of hydrogen-bond acceptors (Lipinski definition) is 2. The largest absolute Gasteiger partial charge is 0.373 e. The molecule has 0 amide bonds. The highest BCUT2D eigenvalue weighted by Crippen LogP contribution is 2.32. The molecule has 0 spiro atoms. The number of rotatable bonds is 8. The molecule has 0 aromatic heterocycles. The zero-order valence-corrected chi connectivity index (χ0v) is 11.4. The van der Waals surface area contributed by atoms with Crippen LogP contribution in [0.5, 0.6) is 0 Å². The molecule has 1 saturated heterocycles. The van der Waals surface area contributed by atoms with Gasteiger partial charge in [0, 0.05) is 0 Å². The molecular formula is C14H28O2. The van der Waals surface area contributed by atoms with Gasteiger partial charge < -0.3 is 9.47 Å². The molecule has 0 aromatic rings. The highest BCUT2D eigenvalue weighted by Gasteiger charge is 2.43. The number of hydrogen-bond donors (Lipinski definition) is 0. The maximum atomic E-state index is 6.01. The number of ether oxygens (including phenoxy) is 2. The molecule has 0 aromatic carbocycles. The van der Waals surface area contributed by atoms with Gasteiger partial charge in [-0.1, -0.05) is 40.0 Å². The summed E-state index contributed by atoms with van der Waals surface area (Å²) in [5.41, 5.74) is -0.0109. The van der Waals surface area contributed by atoms with E-state index in [9.17, 15) is 0 Å². The Labute approximate surface area is 101 Å². The molecule has 16 heavy (non-hydrogen) atoms. The third-order valence-electron chi connectivity index (χ3n) is 4.02. The van der Waals surface area contributed by atoms with Crippen LogP contribution in [0.4, 0.5) is 0 Å². The SMILES string of the molecule is CCCCC(CC)COC1COC1(C)CC. The fourth-order valence-corrected chi connectivity index (χ4v) is 2.14. The van der Waals surface area contributed by atoms with Crippen molar-refractivity contribution in [2.75, 3.05) is 13.2 Å². The average Bonchev–Trinajstić information content (AvgIpc) is 2.31. The Bertz CT molecular complexity index is 189. The van der Waals surface area contributed by atoms with E-state index >= 15 is 0 Å². The van der Waals surface area contributed by atoms with E-state index < -0.39 is 0 Å². The first-order valence-corrected chi connectivity index (χ1v) is 6.91. The summed E-state index contributed by atoms with van der Waals surface area (Å²) in [5, 5.41) is 0. The van der Waals surface area contributed by atoms with Gasteiger partial charge in [-0.25, -0.2) is 0 Å². The summed E-state index contributed by atoms with van der Waals surface area (Å²) in [6.45, 7) is 10.5. The normalized spacial score (nSPS) is 31.1. The van der Waals surface area contributed by atoms with Gasteiger partial charge in [-0.15, -0.1) is 0 Å². The topological polar surface area (TPSA) is 18.5 Å². The van der Waals surface area contributed by atoms with E-state index in [1.165, 1.54) is 25.7 Å². The Kier molecular flexibility index (Phi) is 5.77. The van der Waals surface area contributed by atoms with Crippen molar-refractivity contribution in [1.29, 1.82) is 0 Å². The molecule has 0 saturated carbocycles. The van der Waals surface area contributed by atoms with Crippen LogP contribution in [0, 0.1) is 5.92 Å². The van der Waals surface area contributed by atoms with Gasteiger partial charge in [0.25, 0.3) is 0 Å². The van der Waals surface area contributed by atoms with Crippen LogP contribution in [-0.4, -0.2) is 24.9 Å². The Morgan fingerprint density at radius 1 is 1.38 bits per heavy atom. The van der Waals surface area contributed by atoms with Crippen molar-refractivity contribution < 1.29 is 9.47 Å². The molecule has 3 atom stereocenters. The van der Waals surface area contributed by atoms with E-state index in [1.807, 2.05) is 0 Å². The second kappa shape index (κ2) is 6.61.